The van der Waals surface area contributed by atoms with E-state index in [4.69, 9.17) is 0 Å². The van der Waals surface area contributed by atoms with Crippen molar-refractivity contribution in [1.29, 1.82) is 0 Å². The van der Waals surface area contributed by atoms with E-state index in [9.17, 15) is 0 Å². The zero-order valence-electron chi connectivity index (χ0n) is 22.7. The first-order valence-electron chi connectivity index (χ1n) is 13.2. The molecular formula is C34H44N2. The van der Waals surface area contributed by atoms with E-state index in [1.807, 2.05) is 56.6 Å². The third-order valence-electron chi connectivity index (χ3n) is 5.94. The SMILES string of the molecule is CCc1ccccc1.CN(C)c1ccccc1.Cc1ccccc1.c1ccc(N2CCCCC2)cc1. The second-order valence-electron chi connectivity index (χ2n) is 9.11. The molecule has 0 amide bonds. The van der Waals surface area contributed by atoms with E-state index in [0.717, 1.165) is 6.42 Å². The number of piperidine rings is 1. The molecule has 0 N–H and O–H groups in total. The number of hydrogen-bond donors (Lipinski definition) is 0. The summed E-state index contributed by atoms with van der Waals surface area (Å²) in [5, 5.41) is 0. The van der Waals surface area contributed by atoms with Crippen molar-refractivity contribution < 1.29 is 0 Å². The van der Waals surface area contributed by atoms with Crippen LogP contribution in [0.25, 0.3) is 0 Å². The van der Waals surface area contributed by atoms with Gasteiger partial charge in [-0.25, -0.2) is 0 Å². The molecule has 0 bridgehead atoms. The Morgan fingerprint density at radius 2 is 1.03 bits per heavy atom. The van der Waals surface area contributed by atoms with Gasteiger partial charge in [0.2, 0.25) is 0 Å². The summed E-state index contributed by atoms with van der Waals surface area (Å²) >= 11 is 0. The van der Waals surface area contributed by atoms with Crippen LogP contribution in [0.4, 0.5) is 11.4 Å². The van der Waals surface area contributed by atoms with Gasteiger partial charge in [-0.15, -0.1) is 0 Å². The Hall–Kier alpha value is -3.52. The molecule has 0 aromatic heterocycles. The van der Waals surface area contributed by atoms with Gasteiger partial charge in [0.25, 0.3) is 0 Å². The van der Waals surface area contributed by atoms with E-state index in [2.05, 4.69) is 103 Å². The van der Waals surface area contributed by atoms with Crippen molar-refractivity contribution in [2.75, 3.05) is 37.0 Å². The van der Waals surface area contributed by atoms with Crippen LogP contribution in [0.2, 0.25) is 0 Å². The minimum atomic E-state index is 1.14. The molecule has 1 aliphatic heterocycles. The molecule has 5 rings (SSSR count). The highest BCUT2D eigenvalue weighted by atomic mass is 15.1. The topological polar surface area (TPSA) is 6.48 Å². The summed E-state index contributed by atoms with van der Waals surface area (Å²) in [7, 11) is 4.07. The van der Waals surface area contributed by atoms with E-state index >= 15 is 0 Å². The highest BCUT2D eigenvalue weighted by Crippen LogP contribution is 2.18. The average molecular weight is 481 g/mol. The number of nitrogens with zero attached hydrogens (tertiary/aromatic N) is 2. The quantitative estimate of drug-likeness (QED) is 0.289. The molecule has 1 fully saturated rings. The third-order valence-corrected chi connectivity index (χ3v) is 5.94. The van der Waals surface area contributed by atoms with Crippen LogP contribution in [0.1, 0.15) is 37.3 Å². The first kappa shape index (κ1) is 28.7. The molecule has 4 aromatic rings. The molecule has 2 nitrogen and oxygen atoms in total. The normalized spacial score (nSPS) is 11.9. The molecule has 1 aliphatic rings. The first-order valence-corrected chi connectivity index (χ1v) is 13.2. The smallest absolute Gasteiger partial charge is 0.0366 e. The lowest BCUT2D eigenvalue weighted by Crippen LogP contribution is -2.29. The van der Waals surface area contributed by atoms with Crippen molar-refractivity contribution in [2.45, 2.75) is 39.5 Å². The highest BCUT2D eigenvalue weighted by molar-refractivity contribution is 5.46. The summed E-state index contributed by atoms with van der Waals surface area (Å²) in [4.78, 5) is 4.56. The summed E-state index contributed by atoms with van der Waals surface area (Å²) in [5.41, 5.74) is 5.37. The van der Waals surface area contributed by atoms with Crippen LogP contribution in [0.5, 0.6) is 0 Å². The fourth-order valence-electron chi connectivity index (χ4n) is 3.77. The molecule has 4 aromatic carbocycles. The van der Waals surface area contributed by atoms with E-state index in [1.54, 1.807) is 0 Å². The fourth-order valence-corrected chi connectivity index (χ4v) is 3.77. The molecule has 1 heterocycles. The largest absolute Gasteiger partial charge is 0.378 e. The second-order valence-corrected chi connectivity index (χ2v) is 9.11. The zero-order valence-corrected chi connectivity index (χ0v) is 22.7. The predicted octanol–water partition coefficient (Wildman–Crippen LogP) is 8.67. The van der Waals surface area contributed by atoms with Crippen LogP contribution in [0, 0.1) is 6.92 Å². The molecule has 0 radical (unpaired) electrons. The van der Waals surface area contributed by atoms with Crippen molar-refractivity contribution in [3.05, 3.63) is 132 Å². The third kappa shape index (κ3) is 12.3. The Balaban J connectivity index is 0.000000173. The van der Waals surface area contributed by atoms with Crippen molar-refractivity contribution in [2.24, 2.45) is 0 Å². The summed E-state index contributed by atoms with van der Waals surface area (Å²) in [6, 6.07) is 41.7. The maximum atomic E-state index is 2.48. The van der Waals surface area contributed by atoms with Gasteiger partial charge in [-0.1, -0.05) is 110 Å². The number of aryl methyl sites for hydroxylation is 2. The van der Waals surface area contributed by atoms with Crippen LogP contribution in [-0.2, 0) is 6.42 Å². The van der Waals surface area contributed by atoms with E-state index in [0.29, 0.717) is 0 Å². The lowest BCUT2D eigenvalue weighted by molar-refractivity contribution is 0.578. The van der Waals surface area contributed by atoms with Crippen LogP contribution in [-0.4, -0.2) is 27.2 Å². The van der Waals surface area contributed by atoms with Gasteiger partial charge in [-0.3, -0.25) is 0 Å². The molecular weight excluding hydrogens is 436 g/mol. The lowest BCUT2D eigenvalue weighted by Gasteiger charge is -2.28. The van der Waals surface area contributed by atoms with Gasteiger partial charge in [0.1, 0.15) is 0 Å². The number of hydrogen-bond acceptors (Lipinski definition) is 2. The predicted molar refractivity (Wildman–Crippen MR) is 160 cm³/mol. The van der Waals surface area contributed by atoms with E-state index in [1.165, 1.54) is 54.9 Å². The molecule has 1 saturated heterocycles. The molecule has 0 spiro atoms. The minimum Gasteiger partial charge on any atom is -0.378 e. The van der Waals surface area contributed by atoms with Crippen LogP contribution in [0.15, 0.2) is 121 Å². The summed E-state index contributed by atoms with van der Waals surface area (Å²) in [6.07, 6.45) is 5.26. The lowest BCUT2D eigenvalue weighted by atomic mass is 10.1. The van der Waals surface area contributed by atoms with Gasteiger partial charge in [0.15, 0.2) is 0 Å². The van der Waals surface area contributed by atoms with Gasteiger partial charge in [-0.2, -0.15) is 0 Å². The summed E-state index contributed by atoms with van der Waals surface area (Å²) in [6.45, 7) is 6.73. The molecule has 0 unspecified atom stereocenters. The fraction of sp³-hybridized carbons (Fsp3) is 0.294. The van der Waals surface area contributed by atoms with Crippen molar-refractivity contribution >= 4 is 11.4 Å². The van der Waals surface area contributed by atoms with Gasteiger partial charge < -0.3 is 9.80 Å². The molecule has 36 heavy (non-hydrogen) atoms. The number of benzene rings is 4. The van der Waals surface area contributed by atoms with Gasteiger partial charge in [0.05, 0.1) is 0 Å². The number of rotatable bonds is 3. The number of para-hydroxylation sites is 2. The molecule has 2 heteroatoms. The maximum absolute atomic E-state index is 2.48. The second kappa shape index (κ2) is 17.8. The maximum Gasteiger partial charge on any atom is 0.0366 e. The standard InChI is InChI=1S/C11H15N.C8H11N.C8H10.C7H8/c1-3-7-11(8-4-1)12-9-5-2-6-10-12;1-9(2)8-6-4-3-5-7-8;1-2-8-6-4-3-5-7-8;1-7-5-3-2-4-6-7/h1,3-4,7-8H,2,5-6,9-10H2;3-7H,1-2H3;3-7H,2H2,1H3;2-6H,1H3. The first-order chi connectivity index (χ1) is 17.6. The van der Waals surface area contributed by atoms with Crippen molar-refractivity contribution in [1.82, 2.24) is 0 Å². The Morgan fingerprint density at radius 3 is 1.39 bits per heavy atom. The monoisotopic (exact) mass is 480 g/mol. The molecule has 0 aliphatic carbocycles. The van der Waals surface area contributed by atoms with E-state index in [-0.39, 0.29) is 0 Å². The number of anilines is 2. The minimum absolute atomic E-state index is 1.14. The molecule has 0 saturated carbocycles. The van der Waals surface area contributed by atoms with E-state index < -0.39 is 0 Å². The highest BCUT2D eigenvalue weighted by Gasteiger charge is 2.09. The van der Waals surface area contributed by atoms with Crippen molar-refractivity contribution in [3.63, 3.8) is 0 Å². The summed E-state index contributed by atoms with van der Waals surface area (Å²) in [5.74, 6) is 0. The Labute approximate surface area is 220 Å². The Morgan fingerprint density at radius 1 is 0.583 bits per heavy atom. The summed E-state index contributed by atoms with van der Waals surface area (Å²) < 4.78 is 0. The van der Waals surface area contributed by atoms with Gasteiger partial charge in [-0.05, 0) is 62.4 Å². The molecule has 190 valence electrons. The van der Waals surface area contributed by atoms with Crippen LogP contribution >= 0.6 is 0 Å². The average Bonchev–Trinajstić information content (AvgIpc) is 2.96. The van der Waals surface area contributed by atoms with Crippen LogP contribution in [0.3, 0.4) is 0 Å². The Bertz CT molecular complexity index is 1010. The zero-order chi connectivity index (χ0) is 25.8. The Kier molecular flexibility index (Phi) is 14.2. The van der Waals surface area contributed by atoms with Crippen molar-refractivity contribution in [3.8, 4) is 0 Å². The van der Waals surface area contributed by atoms with Gasteiger partial charge in [0, 0.05) is 38.6 Å². The molecule has 0 atom stereocenters. The van der Waals surface area contributed by atoms with Crippen LogP contribution < -0.4 is 9.80 Å². The van der Waals surface area contributed by atoms with Gasteiger partial charge >= 0.3 is 0 Å².